The summed E-state index contributed by atoms with van der Waals surface area (Å²) in [4.78, 5) is 6.99. The Morgan fingerprint density at radius 1 is 1.78 bits per heavy atom. The third kappa shape index (κ3) is 1.54. The number of rotatable bonds is 0. The molecule has 1 unspecified atom stereocenters. The van der Waals surface area contributed by atoms with Gasteiger partial charge in [0.1, 0.15) is 6.34 Å². The molecule has 1 N–H and O–H groups in total. The first-order chi connectivity index (χ1) is 4.20. The zero-order valence-electron chi connectivity index (χ0n) is 4.20. The predicted octanol–water partition coefficient (Wildman–Crippen LogP) is 0.837. The first-order valence-corrected chi connectivity index (χ1v) is 2.90. The van der Waals surface area contributed by atoms with Crippen LogP contribution in [0.4, 0.5) is 0 Å². The minimum atomic E-state index is -0.708. The summed E-state index contributed by atoms with van der Waals surface area (Å²) < 4.78 is 0. The van der Waals surface area contributed by atoms with Crippen LogP contribution in [0, 0.1) is 0 Å². The summed E-state index contributed by atoms with van der Waals surface area (Å²) in [6, 6.07) is 0. The molecule has 0 aliphatic carbocycles. The Morgan fingerprint density at radius 3 is 2.89 bits per heavy atom. The van der Waals surface area contributed by atoms with Crippen molar-refractivity contribution in [1.82, 2.24) is 5.06 Å². The highest BCUT2D eigenvalue weighted by Crippen LogP contribution is 2.07. The van der Waals surface area contributed by atoms with E-state index in [9.17, 15) is 0 Å². The van der Waals surface area contributed by atoms with Crippen LogP contribution in [0.25, 0.3) is 0 Å². The van der Waals surface area contributed by atoms with E-state index in [1.807, 2.05) is 0 Å². The minimum absolute atomic E-state index is 0.0787. The molecule has 0 aromatic rings. The molecule has 1 aliphatic rings. The van der Waals surface area contributed by atoms with Crippen LogP contribution < -0.4 is 0 Å². The first-order valence-electron chi connectivity index (χ1n) is 2.09. The number of nitrogens with zero attached hydrogens (tertiary/aromatic N) is 3. The molecule has 0 aromatic heterocycles. The van der Waals surface area contributed by atoms with Crippen LogP contribution in [-0.2, 0) is 0 Å². The topological polar surface area (TPSA) is 48.2 Å². The third-order valence-electron chi connectivity index (χ3n) is 0.701. The number of hydrogen-bond acceptors (Lipinski definition) is 4. The van der Waals surface area contributed by atoms with Crippen molar-refractivity contribution in [1.29, 1.82) is 0 Å². The fraction of sp³-hybridized carbons (Fsp3) is 0.333. The van der Waals surface area contributed by atoms with Crippen molar-refractivity contribution in [2.45, 2.75) is 5.62 Å². The van der Waals surface area contributed by atoms with Gasteiger partial charge in [0.2, 0.25) is 10.9 Å². The average Bonchev–Trinajstić information content (AvgIpc) is 1.80. The van der Waals surface area contributed by atoms with E-state index in [1.54, 1.807) is 0 Å². The number of alkyl halides is 1. The quantitative estimate of drug-likeness (QED) is 0.430. The lowest BCUT2D eigenvalue weighted by Gasteiger charge is -2.12. The van der Waals surface area contributed by atoms with Crippen LogP contribution in [0.3, 0.4) is 0 Å². The molecule has 0 spiro atoms. The van der Waals surface area contributed by atoms with Crippen molar-refractivity contribution in [2.24, 2.45) is 9.98 Å². The van der Waals surface area contributed by atoms with Gasteiger partial charge in [0.25, 0.3) is 0 Å². The molecule has 0 saturated carbocycles. The van der Waals surface area contributed by atoms with Crippen molar-refractivity contribution >= 4 is 34.8 Å². The van der Waals surface area contributed by atoms with Crippen LogP contribution >= 0.6 is 23.2 Å². The molecule has 4 nitrogen and oxygen atoms in total. The van der Waals surface area contributed by atoms with Gasteiger partial charge in [-0.3, -0.25) is 5.21 Å². The van der Waals surface area contributed by atoms with Crippen molar-refractivity contribution in [2.75, 3.05) is 0 Å². The van der Waals surface area contributed by atoms with E-state index < -0.39 is 5.62 Å². The molecule has 1 aliphatic heterocycles. The lowest BCUT2D eigenvalue weighted by atomic mass is 10.9. The molecular formula is C3H3Cl2N3O. The highest BCUT2D eigenvalue weighted by Gasteiger charge is 2.10. The van der Waals surface area contributed by atoms with Gasteiger partial charge in [-0.05, 0) is 11.6 Å². The van der Waals surface area contributed by atoms with Crippen molar-refractivity contribution in [3.05, 3.63) is 0 Å². The van der Waals surface area contributed by atoms with Gasteiger partial charge in [0.15, 0.2) is 0 Å². The molecule has 0 fully saturated rings. The third-order valence-corrected chi connectivity index (χ3v) is 1.18. The number of amidine groups is 1. The number of halogens is 2. The van der Waals surface area contributed by atoms with Gasteiger partial charge in [-0.15, -0.1) is 0 Å². The number of hydroxylamine groups is 2. The lowest BCUT2D eigenvalue weighted by Crippen LogP contribution is -2.26. The maximum Gasteiger partial charge on any atom is 0.226 e. The second-order valence-electron chi connectivity index (χ2n) is 1.32. The van der Waals surface area contributed by atoms with Crippen molar-refractivity contribution in [3.63, 3.8) is 0 Å². The standard InChI is InChI=1S/C3H3Cl2N3O/c4-2-6-1-8(9)3(5)7-2/h1-2,9H. The van der Waals surface area contributed by atoms with Gasteiger partial charge in [-0.25, -0.2) is 9.98 Å². The summed E-state index contributed by atoms with van der Waals surface area (Å²) in [5.41, 5.74) is -0.708. The second kappa shape index (κ2) is 2.51. The van der Waals surface area contributed by atoms with Gasteiger partial charge in [0, 0.05) is 0 Å². The average molecular weight is 168 g/mol. The molecule has 0 saturated heterocycles. The molecular weight excluding hydrogens is 165 g/mol. The van der Waals surface area contributed by atoms with Crippen molar-refractivity contribution in [3.8, 4) is 0 Å². The fourth-order valence-corrected chi connectivity index (χ4v) is 0.675. The molecule has 1 atom stereocenters. The number of hydrogen-bond donors (Lipinski definition) is 1. The normalized spacial score (nSPS) is 26.3. The second-order valence-corrected chi connectivity index (χ2v) is 2.05. The monoisotopic (exact) mass is 167 g/mol. The maximum absolute atomic E-state index is 8.66. The van der Waals surface area contributed by atoms with E-state index in [4.69, 9.17) is 28.4 Å². The summed E-state index contributed by atoms with van der Waals surface area (Å²) in [5, 5.41) is 9.16. The molecule has 6 heteroatoms. The zero-order chi connectivity index (χ0) is 6.85. The van der Waals surface area contributed by atoms with Crippen LogP contribution in [-0.4, -0.2) is 27.5 Å². The van der Waals surface area contributed by atoms with E-state index in [-0.39, 0.29) is 5.29 Å². The summed E-state index contributed by atoms with van der Waals surface area (Å²) in [7, 11) is 0. The van der Waals surface area contributed by atoms with E-state index in [0.29, 0.717) is 5.06 Å². The molecule has 1 heterocycles. The Labute approximate surface area is 61.4 Å². The van der Waals surface area contributed by atoms with E-state index >= 15 is 0 Å². The summed E-state index contributed by atoms with van der Waals surface area (Å²) in [6.45, 7) is 0. The van der Waals surface area contributed by atoms with Gasteiger partial charge in [0.05, 0.1) is 0 Å². The lowest BCUT2D eigenvalue weighted by molar-refractivity contribution is 0.0706. The van der Waals surface area contributed by atoms with E-state index in [2.05, 4.69) is 9.98 Å². The summed E-state index contributed by atoms with van der Waals surface area (Å²) in [5.74, 6) is 0. The molecule has 0 bridgehead atoms. The zero-order valence-corrected chi connectivity index (χ0v) is 5.71. The summed E-state index contributed by atoms with van der Waals surface area (Å²) in [6.07, 6.45) is 1.09. The van der Waals surface area contributed by atoms with Crippen LogP contribution in [0.1, 0.15) is 0 Å². The smallest absolute Gasteiger partial charge is 0.226 e. The SMILES string of the molecule is ON1C=NC(Cl)N=C1Cl. The highest BCUT2D eigenvalue weighted by atomic mass is 35.5. The van der Waals surface area contributed by atoms with Crippen LogP contribution in [0.5, 0.6) is 0 Å². The Morgan fingerprint density at radius 2 is 2.44 bits per heavy atom. The summed E-state index contributed by atoms with van der Waals surface area (Å²) >= 11 is 10.7. The first kappa shape index (κ1) is 6.80. The van der Waals surface area contributed by atoms with Crippen LogP contribution in [0.15, 0.2) is 9.98 Å². The fourth-order valence-electron chi connectivity index (χ4n) is 0.346. The highest BCUT2D eigenvalue weighted by molar-refractivity contribution is 6.65. The molecule has 0 radical (unpaired) electrons. The van der Waals surface area contributed by atoms with Crippen molar-refractivity contribution < 1.29 is 5.21 Å². The van der Waals surface area contributed by atoms with Gasteiger partial charge < -0.3 is 0 Å². The molecule has 0 aromatic carbocycles. The van der Waals surface area contributed by atoms with E-state index in [1.165, 1.54) is 0 Å². The largest absolute Gasteiger partial charge is 0.280 e. The van der Waals surface area contributed by atoms with Crippen LogP contribution in [0.2, 0.25) is 0 Å². The number of aliphatic imine (C=N–C) groups is 2. The molecule has 1 rings (SSSR count). The molecule has 50 valence electrons. The predicted molar refractivity (Wildman–Crippen MR) is 35.0 cm³/mol. The Hall–Kier alpha value is -0.320. The molecule has 0 amide bonds. The van der Waals surface area contributed by atoms with Gasteiger partial charge >= 0.3 is 0 Å². The molecule has 9 heavy (non-hydrogen) atoms. The maximum atomic E-state index is 8.66. The minimum Gasteiger partial charge on any atom is -0.280 e. The Kier molecular flexibility index (Phi) is 1.90. The van der Waals surface area contributed by atoms with Gasteiger partial charge in [-0.2, -0.15) is 5.06 Å². The van der Waals surface area contributed by atoms with E-state index in [0.717, 1.165) is 6.34 Å². The Bertz CT molecular complexity index is 168. The Balaban J connectivity index is 2.70. The van der Waals surface area contributed by atoms with Gasteiger partial charge in [-0.1, -0.05) is 11.6 Å².